The molecule has 0 aromatic rings. The molecule has 0 aliphatic carbocycles. The Morgan fingerprint density at radius 3 is 2.72 bits per heavy atom. The maximum absolute atomic E-state index is 9.00. The molecule has 1 saturated heterocycles. The van der Waals surface area contributed by atoms with Crippen LogP contribution in [0.1, 0.15) is 52.9 Å². The minimum Gasteiger partial charge on any atom is -0.396 e. The Morgan fingerprint density at radius 1 is 1.33 bits per heavy atom. The molecule has 1 aliphatic heterocycles. The number of hydrogen-bond donors (Lipinski definition) is 2. The molecule has 0 bridgehead atoms. The molecule has 3 heteroatoms. The Kier molecular flexibility index (Phi) is 7.87. The van der Waals surface area contributed by atoms with Crippen LogP contribution in [0.2, 0.25) is 0 Å². The van der Waals surface area contributed by atoms with Gasteiger partial charge in [0.15, 0.2) is 0 Å². The van der Waals surface area contributed by atoms with E-state index in [9.17, 15) is 0 Å². The molecule has 0 saturated carbocycles. The highest BCUT2D eigenvalue weighted by atomic mass is 16.2. The van der Waals surface area contributed by atoms with Gasteiger partial charge in [0.2, 0.25) is 0 Å². The largest absolute Gasteiger partial charge is 0.396 e. The lowest BCUT2D eigenvalue weighted by Gasteiger charge is -2.41. The molecule has 3 atom stereocenters. The smallest absolute Gasteiger partial charge is 0.0431 e. The van der Waals surface area contributed by atoms with Crippen LogP contribution in [0.15, 0.2) is 0 Å². The van der Waals surface area contributed by atoms with Gasteiger partial charge < -0.3 is 10.4 Å². The van der Waals surface area contributed by atoms with E-state index in [1.54, 1.807) is 0 Å². The summed E-state index contributed by atoms with van der Waals surface area (Å²) < 4.78 is 0. The predicted octanol–water partition coefficient (Wildman–Crippen LogP) is 2.25. The number of aliphatic hydroxyl groups is 1. The molecule has 0 radical (unpaired) electrons. The minimum atomic E-state index is 0.340. The molecule has 1 fully saturated rings. The van der Waals surface area contributed by atoms with Gasteiger partial charge >= 0.3 is 0 Å². The zero-order valence-electron chi connectivity index (χ0n) is 12.5. The van der Waals surface area contributed by atoms with Gasteiger partial charge in [-0.3, -0.25) is 4.90 Å². The fraction of sp³-hybridized carbons (Fsp3) is 1.00. The van der Waals surface area contributed by atoms with Gasteiger partial charge in [0, 0.05) is 31.8 Å². The van der Waals surface area contributed by atoms with Gasteiger partial charge in [-0.2, -0.15) is 0 Å². The molecular weight excluding hydrogens is 224 g/mol. The summed E-state index contributed by atoms with van der Waals surface area (Å²) in [7, 11) is 0. The third-order valence-corrected chi connectivity index (χ3v) is 4.23. The quantitative estimate of drug-likeness (QED) is 0.699. The highest BCUT2D eigenvalue weighted by Gasteiger charge is 2.28. The molecule has 1 rings (SSSR count). The van der Waals surface area contributed by atoms with Crippen molar-refractivity contribution in [1.82, 2.24) is 10.2 Å². The van der Waals surface area contributed by atoms with Crippen LogP contribution in [0.3, 0.4) is 0 Å². The van der Waals surface area contributed by atoms with Crippen molar-refractivity contribution in [2.45, 2.75) is 65.0 Å². The second-order valence-electron chi connectivity index (χ2n) is 5.83. The first kappa shape index (κ1) is 15.9. The van der Waals surface area contributed by atoms with Crippen molar-refractivity contribution >= 4 is 0 Å². The zero-order valence-corrected chi connectivity index (χ0v) is 12.5. The second kappa shape index (κ2) is 8.89. The Morgan fingerprint density at radius 2 is 2.11 bits per heavy atom. The lowest BCUT2D eigenvalue weighted by atomic mass is 9.89. The number of rotatable bonds is 8. The average molecular weight is 256 g/mol. The summed E-state index contributed by atoms with van der Waals surface area (Å²) in [5, 5.41) is 12.7. The van der Waals surface area contributed by atoms with Gasteiger partial charge in [0.05, 0.1) is 0 Å². The van der Waals surface area contributed by atoms with Gasteiger partial charge in [0.25, 0.3) is 0 Å². The molecule has 3 unspecified atom stereocenters. The molecule has 3 nitrogen and oxygen atoms in total. The van der Waals surface area contributed by atoms with E-state index in [4.69, 9.17) is 5.11 Å². The van der Waals surface area contributed by atoms with Gasteiger partial charge in [-0.25, -0.2) is 0 Å². The highest BCUT2D eigenvalue weighted by molar-refractivity contribution is 4.85. The molecule has 0 amide bonds. The molecule has 0 aromatic heterocycles. The molecule has 0 spiro atoms. The first-order valence-electron chi connectivity index (χ1n) is 7.79. The van der Waals surface area contributed by atoms with E-state index >= 15 is 0 Å². The second-order valence-corrected chi connectivity index (χ2v) is 5.83. The molecule has 1 aliphatic rings. The van der Waals surface area contributed by atoms with E-state index in [0.717, 1.165) is 18.9 Å². The number of hydrogen-bond acceptors (Lipinski definition) is 3. The fourth-order valence-corrected chi connectivity index (χ4v) is 2.94. The molecular formula is C15H32N2O. The fourth-order valence-electron chi connectivity index (χ4n) is 2.94. The number of aliphatic hydroxyl groups excluding tert-OH is 1. The Balaban J connectivity index is 2.48. The molecule has 0 aromatic carbocycles. The zero-order chi connectivity index (χ0) is 13.4. The Bertz CT molecular complexity index is 195. The minimum absolute atomic E-state index is 0.340. The maximum Gasteiger partial charge on any atom is 0.0431 e. The van der Waals surface area contributed by atoms with Crippen molar-refractivity contribution in [2.75, 3.05) is 26.2 Å². The number of piperidine rings is 1. The maximum atomic E-state index is 9.00. The van der Waals surface area contributed by atoms with Crippen LogP contribution in [0, 0.1) is 5.92 Å². The summed E-state index contributed by atoms with van der Waals surface area (Å²) in [5.41, 5.74) is 0. The standard InChI is InChI=1S/C15H32N2O/c1-4-8-16-15-10-14(7-6-9-18)11-17(12-15)13(3)5-2/h13-16,18H,4-12H2,1-3H3. The van der Waals surface area contributed by atoms with Crippen molar-refractivity contribution in [3.05, 3.63) is 0 Å². The van der Waals surface area contributed by atoms with Gasteiger partial charge in [-0.15, -0.1) is 0 Å². The van der Waals surface area contributed by atoms with Crippen molar-refractivity contribution in [2.24, 2.45) is 5.92 Å². The summed E-state index contributed by atoms with van der Waals surface area (Å²) in [4.78, 5) is 2.64. The topological polar surface area (TPSA) is 35.5 Å². The number of likely N-dealkylation sites (tertiary alicyclic amines) is 1. The van der Waals surface area contributed by atoms with Gasteiger partial charge in [-0.1, -0.05) is 13.8 Å². The van der Waals surface area contributed by atoms with E-state index in [2.05, 4.69) is 31.0 Å². The van der Waals surface area contributed by atoms with Crippen molar-refractivity contribution in [3.8, 4) is 0 Å². The van der Waals surface area contributed by atoms with Gasteiger partial charge in [0.1, 0.15) is 0 Å². The molecule has 2 N–H and O–H groups in total. The van der Waals surface area contributed by atoms with Crippen molar-refractivity contribution in [3.63, 3.8) is 0 Å². The van der Waals surface area contributed by atoms with Crippen molar-refractivity contribution < 1.29 is 5.11 Å². The number of nitrogens with zero attached hydrogens (tertiary/aromatic N) is 1. The van der Waals surface area contributed by atoms with Crippen LogP contribution < -0.4 is 5.32 Å². The predicted molar refractivity (Wildman–Crippen MR) is 77.8 cm³/mol. The summed E-state index contributed by atoms with van der Waals surface area (Å²) >= 11 is 0. The summed E-state index contributed by atoms with van der Waals surface area (Å²) in [6.07, 6.45) is 5.86. The molecule has 1 heterocycles. The molecule has 108 valence electrons. The van der Waals surface area contributed by atoms with E-state index in [1.807, 2.05) is 0 Å². The summed E-state index contributed by atoms with van der Waals surface area (Å²) in [6.45, 7) is 10.7. The Labute approximate surface area is 113 Å². The van der Waals surface area contributed by atoms with Crippen molar-refractivity contribution in [1.29, 1.82) is 0 Å². The average Bonchev–Trinajstić information content (AvgIpc) is 2.41. The monoisotopic (exact) mass is 256 g/mol. The van der Waals surface area contributed by atoms with E-state index in [1.165, 1.54) is 38.8 Å². The lowest BCUT2D eigenvalue weighted by molar-refractivity contribution is 0.0948. The first-order valence-corrected chi connectivity index (χ1v) is 7.79. The van der Waals surface area contributed by atoms with E-state index < -0.39 is 0 Å². The van der Waals surface area contributed by atoms with Gasteiger partial charge in [-0.05, 0) is 51.5 Å². The summed E-state index contributed by atoms with van der Waals surface area (Å²) in [5.74, 6) is 0.759. The Hall–Kier alpha value is -0.120. The normalized spacial score (nSPS) is 27.3. The van der Waals surface area contributed by atoms with E-state index in [-0.39, 0.29) is 0 Å². The van der Waals surface area contributed by atoms with Crippen LogP contribution in [0.4, 0.5) is 0 Å². The highest BCUT2D eigenvalue weighted by Crippen LogP contribution is 2.23. The summed E-state index contributed by atoms with van der Waals surface area (Å²) in [6, 6.07) is 1.34. The van der Waals surface area contributed by atoms with Crippen LogP contribution in [0.25, 0.3) is 0 Å². The molecule has 18 heavy (non-hydrogen) atoms. The van der Waals surface area contributed by atoms with Crippen LogP contribution in [-0.2, 0) is 0 Å². The van der Waals surface area contributed by atoms with Crippen LogP contribution in [-0.4, -0.2) is 48.3 Å². The first-order chi connectivity index (χ1) is 8.71. The van der Waals surface area contributed by atoms with Crippen LogP contribution >= 0.6 is 0 Å². The van der Waals surface area contributed by atoms with E-state index in [0.29, 0.717) is 18.7 Å². The SMILES string of the molecule is CCCNC1CC(CCCO)CN(C(C)CC)C1. The third kappa shape index (κ3) is 5.25. The third-order valence-electron chi connectivity index (χ3n) is 4.23. The van der Waals surface area contributed by atoms with Crippen LogP contribution in [0.5, 0.6) is 0 Å². The lowest BCUT2D eigenvalue weighted by Crippen LogP contribution is -2.52. The number of nitrogens with one attached hydrogen (secondary N) is 1.